The second kappa shape index (κ2) is 10.0. The van der Waals surface area contributed by atoms with Crippen LogP contribution in [-0.2, 0) is 16.6 Å². The van der Waals surface area contributed by atoms with Crippen LogP contribution in [0.15, 0.2) is 64.3 Å². The van der Waals surface area contributed by atoms with Crippen LogP contribution in [0.5, 0.6) is 0 Å². The van der Waals surface area contributed by atoms with Crippen molar-refractivity contribution in [2.24, 2.45) is 0 Å². The van der Waals surface area contributed by atoms with Crippen LogP contribution < -0.4 is 15.8 Å². The largest absolute Gasteiger partial charge is 0.369 e. The van der Waals surface area contributed by atoms with Crippen molar-refractivity contribution in [3.63, 3.8) is 0 Å². The van der Waals surface area contributed by atoms with E-state index in [-0.39, 0.29) is 41.5 Å². The summed E-state index contributed by atoms with van der Waals surface area (Å²) in [5.74, 6) is -0.790. The van der Waals surface area contributed by atoms with E-state index < -0.39 is 15.9 Å². The zero-order valence-corrected chi connectivity index (χ0v) is 20.4. The molecule has 1 saturated heterocycles. The molecule has 1 aliphatic heterocycles. The molecule has 35 heavy (non-hydrogen) atoms. The van der Waals surface area contributed by atoms with Crippen molar-refractivity contribution in [2.75, 3.05) is 31.1 Å². The van der Waals surface area contributed by atoms with E-state index in [1.165, 1.54) is 40.7 Å². The van der Waals surface area contributed by atoms with Crippen molar-refractivity contribution in [1.82, 2.24) is 14.6 Å². The van der Waals surface area contributed by atoms with Crippen molar-refractivity contribution in [3.8, 4) is 0 Å². The number of hydrogen-bond donors (Lipinski definition) is 2. The number of carbonyl (C=O) groups excluding carboxylic acids is 1. The van der Waals surface area contributed by atoms with Crippen molar-refractivity contribution < 1.29 is 17.6 Å². The molecule has 2 N–H and O–H groups in total. The summed E-state index contributed by atoms with van der Waals surface area (Å²) in [4.78, 5) is 29.7. The van der Waals surface area contributed by atoms with Crippen LogP contribution >= 0.6 is 0 Å². The fraction of sp³-hybridized carbons (Fsp3) is 0.280. The molecule has 10 heteroatoms. The first kappa shape index (κ1) is 24.6. The maximum atomic E-state index is 13.2. The van der Waals surface area contributed by atoms with Crippen molar-refractivity contribution in [3.05, 3.63) is 93.2 Å². The molecule has 0 aliphatic carbocycles. The third-order valence-electron chi connectivity index (χ3n) is 6.08. The predicted octanol–water partition coefficient (Wildman–Crippen LogP) is 2.57. The van der Waals surface area contributed by atoms with Gasteiger partial charge in [0.25, 0.3) is 11.5 Å². The Hall–Kier alpha value is -3.50. The van der Waals surface area contributed by atoms with Crippen molar-refractivity contribution in [2.45, 2.75) is 25.3 Å². The zero-order valence-electron chi connectivity index (χ0n) is 19.5. The molecule has 1 amide bonds. The van der Waals surface area contributed by atoms with Crippen molar-refractivity contribution in [1.29, 1.82) is 0 Å². The maximum Gasteiger partial charge on any atom is 0.253 e. The summed E-state index contributed by atoms with van der Waals surface area (Å²) in [5, 5.41) is 2.70. The molecule has 8 nitrogen and oxygen atoms in total. The molecule has 3 aromatic rings. The maximum absolute atomic E-state index is 13.2. The lowest BCUT2D eigenvalue weighted by molar-refractivity contribution is 0.0950. The number of nitrogens with zero attached hydrogens (tertiary/aromatic N) is 2. The molecular formula is C25H27FN4O4S. The third-order valence-corrected chi connectivity index (χ3v) is 7.98. The van der Waals surface area contributed by atoms with Gasteiger partial charge in [-0.05, 0) is 67.9 Å². The lowest BCUT2D eigenvalue weighted by Crippen LogP contribution is -2.48. The number of benzene rings is 2. The lowest BCUT2D eigenvalue weighted by Gasteiger charge is -2.35. The van der Waals surface area contributed by atoms with Crippen LogP contribution in [0.4, 0.5) is 10.1 Å². The topological polar surface area (TPSA) is 103 Å². The van der Waals surface area contributed by atoms with Crippen LogP contribution in [0, 0.1) is 19.7 Å². The highest BCUT2D eigenvalue weighted by Gasteiger charge is 2.29. The zero-order chi connectivity index (χ0) is 25.2. The summed E-state index contributed by atoms with van der Waals surface area (Å²) in [5.41, 5.74) is 2.72. The number of halogens is 1. The number of anilines is 1. The first-order chi connectivity index (χ1) is 16.6. The molecule has 4 rings (SSSR count). The van der Waals surface area contributed by atoms with Gasteiger partial charge in [-0.1, -0.05) is 6.07 Å². The summed E-state index contributed by atoms with van der Waals surface area (Å²) in [6.07, 6.45) is 0. The summed E-state index contributed by atoms with van der Waals surface area (Å²) < 4.78 is 41.0. The van der Waals surface area contributed by atoms with E-state index in [1.54, 1.807) is 26.0 Å². The Morgan fingerprint density at radius 2 is 1.71 bits per heavy atom. The summed E-state index contributed by atoms with van der Waals surface area (Å²) in [6, 6.07) is 13.8. The fourth-order valence-corrected chi connectivity index (χ4v) is 5.63. The molecule has 0 bridgehead atoms. The minimum absolute atomic E-state index is 0.0304. The van der Waals surface area contributed by atoms with E-state index in [0.29, 0.717) is 18.7 Å². The van der Waals surface area contributed by atoms with E-state index in [9.17, 15) is 22.4 Å². The average Bonchev–Trinajstić information content (AvgIpc) is 2.84. The highest BCUT2D eigenvalue weighted by molar-refractivity contribution is 7.89. The number of aryl methyl sites for hydroxylation is 2. The van der Waals surface area contributed by atoms with Gasteiger partial charge in [0, 0.05) is 55.2 Å². The molecule has 0 atom stereocenters. The second-order valence-electron chi connectivity index (χ2n) is 8.52. The lowest BCUT2D eigenvalue weighted by atomic mass is 10.1. The number of aromatic amines is 1. The summed E-state index contributed by atoms with van der Waals surface area (Å²) >= 11 is 0. The minimum atomic E-state index is -3.80. The molecule has 1 aromatic heterocycles. The SMILES string of the molecule is Cc1cc(C)c(CNC(=O)c2cccc(S(=O)(=O)N3CCN(c4ccc(F)cc4)CC3)c2)c(=O)[nH]1. The Bertz CT molecular complexity index is 1400. The van der Waals surface area contributed by atoms with Crippen LogP contribution in [0.25, 0.3) is 0 Å². The molecule has 184 valence electrons. The molecule has 1 aliphatic rings. The number of hydrogen-bond acceptors (Lipinski definition) is 5. The van der Waals surface area contributed by atoms with Gasteiger partial charge >= 0.3 is 0 Å². The number of carbonyl (C=O) groups is 1. The first-order valence-electron chi connectivity index (χ1n) is 11.2. The number of rotatable bonds is 6. The molecule has 1 fully saturated rings. The fourth-order valence-electron chi connectivity index (χ4n) is 4.16. The number of sulfonamides is 1. The molecule has 0 saturated carbocycles. The highest BCUT2D eigenvalue weighted by Crippen LogP contribution is 2.22. The van der Waals surface area contributed by atoms with E-state index in [2.05, 4.69) is 10.3 Å². The predicted molar refractivity (Wildman–Crippen MR) is 132 cm³/mol. The van der Waals surface area contributed by atoms with Gasteiger partial charge in [-0.25, -0.2) is 12.8 Å². The van der Waals surface area contributed by atoms with Crippen LogP contribution in [0.1, 0.15) is 27.2 Å². The number of nitrogens with one attached hydrogen (secondary N) is 2. The molecular weight excluding hydrogens is 471 g/mol. The van der Waals surface area contributed by atoms with Gasteiger partial charge in [-0.2, -0.15) is 4.31 Å². The van der Waals surface area contributed by atoms with Crippen LogP contribution in [0.2, 0.25) is 0 Å². The van der Waals surface area contributed by atoms with Gasteiger partial charge < -0.3 is 15.2 Å². The number of pyridine rings is 1. The van der Waals surface area contributed by atoms with E-state index in [0.717, 1.165) is 16.9 Å². The molecule has 0 radical (unpaired) electrons. The van der Waals surface area contributed by atoms with Gasteiger partial charge in [-0.15, -0.1) is 0 Å². The Kier molecular flexibility index (Phi) is 7.04. The first-order valence-corrected chi connectivity index (χ1v) is 12.7. The van der Waals surface area contributed by atoms with E-state index in [1.807, 2.05) is 11.0 Å². The smallest absolute Gasteiger partial charge is 0.253 e. The van der Waals surface area contributed by atoms with E-state index >= 15 is 0 Å². The van der Waals surface area contributed by atoms with Crippen LogP contribution in [0.3, 0.4) is 0 Å². The van der Waals surface area contributed by atoms with Gasteiger partial charge in [-0.3, -0.25) is 9.59 Å². The molecule has 0 unspecified atom stereocenters. The number of piperazine rings is 1. The Labute approximate surface area is 203 Å². The van der Waals surface area contributed by atoms with Crippen LogP contribution in [-0.4, -0.2) is 49.8 Å². The Balaban J connectivity index is 1.43. The van der Waals surface area contributed by atoms with Gasteiger partial charge in [0.05, 0.1) is 4.90 Å². The van der Waals surface area contributed by atoms with Crippen molar-refractivity contribution >= 4 is 21.6 Å². The van der Waals surface area contributed by atoms with Gasteiger partial charge in [0.2, 0.25) is 10.0 Å². The summed E-state index contributed by atoms with van der Waals surface area (Å²) in [6.45, 7) is 5.09. The third kappa shape index (κ3) is 5.44. The van der Waals surface area contributed by atoms with Gasteiger partial charge in [0.15, 0.2) is 0 Å². The monoisotopic (exact) mass is 498 g/mol. The minimum Gasteiger partial charge on any atom is -0.369 e. The normalized spacial score (nSPS) is 14.7. The Morgan fingerprint density at radius 1 is 1.03 bits per heavy atom. The number of aromatic nitrogens is 1. The highest BCUT2D eigenvalue weighted by atomic mass is 32.2. The van der Waals surface area contributed by atoms with E-state index in [4.69, 9.17) is 0 Å². The summed E-state index contributed by atoms with van der Waals surface area (Å²) in [7, 11) is -3.80. The second-order valence-corrected chi connectivity index (χ2v) is 10.5. The quantitative estimate of drug-likeness (QED) is 0.544. The average molecular weight is 499 g/mol. The Morgan fingerprint density at radius 3 is 2.37 bits per heavy atom. The number of H-pyrrole nitrogens is 1. The molecule has 2 heterocycles. The number of amides is 1. The standard InChI is InChI=1S/C25H27FN4O4S/c1-17-14-18(2)28-25(32)23(17)16-27-24(31)19-4-3-5-22(15-19)35(33,34)30-12-10-29(11-13-30)21-8-6-20(26)7-9-21/h3-9,14-15H,10-13,16H2,1-2H3,(H,27,31)(H,28,32). The van der Waals surface area contributed by atoms with Gasteiger partial charge in [0.1, 0.15) is 5.82 Å². The molecule has 2 aromatic carbocycles. The molecule has 0 spiro atoms.